The molecule has 1 heterocycles. The van der Waals surface area contributed by atoms with Crippen LogP contribution in [0.1, 0.15) is 31.4 Å². The van der Waals surface area contributed by atoms with Crippen LogP contribution >= 0.6 is 0 Å². The molecule has 0 aliphatic rings. The van der Waals surface area contributed by atoms with E-state index in [0.717, 1.165) is 24.5 Å². The Balaban J connectivity index is 2.03. The molecule has 21 heavy (non-hydrogen) atoms. The normalized spacial score (nSPS) is 10.7. The van der Waals surface area contributed by atoms with E-state index >= 15 is 0 Å². The minimum atomic E-state index is 0.620. The van der Waals surface area contributed by atoms with Crippen LogP contribution in [0.15, 0.2) is 30.5 Å². The van der Waals surface area contributed by atoms with E-state index in [2.05, 4.69) is 66.5 Å². The van der Waals surface area contributed by atoms with Gasteiger partial charge in [0.1, 0.15) is 5.82 Å². The van der Waals surface area contributed by atoms with E-state index in [0.29, 0.717) is 11.9 Å². The van der Waals surface area contributed by atoms with Gasteiger partial charge >= 0.3 is 0 Å². The summed E-state index contributed by atoms with van der Waals surface area (Å²) in [5.41, 5.74) is 3.47. The van der Waals surface area contributed by atoms with Gasteiger partial charge in [0.15, 0.2) is 0 Å². The monoisotopic (exact) mass is 284 g/mol. The van der Waals surface area contributed by atoms with Crippen LogP contribution in [-0.2, 0) is 0 Å². The number of hydrogen-bond acceptors (Lipinski definition) is 4. The SMILES string of the molecule is Cc1cc(C)cc(Nc2nccc(NCCC(C)C)n2)c1. The number of aryl methyl sites for hydroxylation is 2. The average molecular weight is 284 g/mol. The van der Waals surface area contributed by atoms with Crippen LogP contribution in [0.2, 0.25) is 0 Å². The summed E-state index contributed by atoms with van der Waals surface area (Å²) in [5.74, 6) is 2.17. The molecule has 0 aliphatic carbocycles. The highest BCUT2D eigenvalue weighted by molar-refractivity contribution is 5.57. The number of rotatable bonds is 6. The second-order valence-corrected chi connectivity index (χ2v) is 5.88. The van der Waals surface area contributed by atoms with Gasteiger partial charge in [-0.1, -0.05) is 19.9 Å². The van der Waals surface area contributed by atoms with E-state index in [4.69, 9.17) is 0 Å². The maximum absolute atomic E-state index is 4.49. The summed E-state index contributed by atoms with van der Waals surface area (Å²) in [4.78, 5) is 8.77. The summed E-state index contributed by atoms with van der Waals surface area (Å²) < 4.78 is 0. The molecule has 1 aromatic heterocycles. The zero-order chi connectivity index (χ0) is 15.2. The van der Waals surface area contributed by atoms with Crippen LogP contribution in [-0.4, -0.2) is 16.5 Å². The number of benzene rings is 1. The lowest BCUT2D eigenvalue weighted by atomic mass is 10.1. The molecular weight excluding hydrogens is 260 g/mol. The molecule has 0 saturated heterocycles. The largest absolute Gasteiger partial charge is 0.370 e. The molecule has 2 N–H and O–H groups in total. The Morgan fingerprint density at radius 1 is 1.10 bits per heavy atom. The summed E-state index contributed by atoms with van der Waals surface area (Å²) in [6.07, 6.45) is 2.90. The first-order valence-electron chi connectivity index (χ1n) is 7.45. The van der Waals surface area contributed by atoms with E-state index in [9.17, 15) is 0 Å². The van der Waals surface area contributed by atoms with Crippen molar-refractivity contribution in [2.45, 2.75) is 34.1 Å². The fourth-order valence-electron chi connectivity index (χ4n) is 2.18. The maximum atomic E-state index is 4.49. The van der Waals surface area contributed by atoms with Gasteiger partial charge in [0, 0.05) is 18.4 Å². The number of nitrogens with one attached hydrogen (secondary N) is 2. The van der Waals surface area contributed by atoms with Gasteiger partial charge in [0.25, 0.3) is 0 Å². The molecule has 0 atom stereocenters. The van der Waals surface area contributed by atoms with Crippen LogP contribution in [0.25, 0.3) is 0 Å². The summed E-state index contributed by atoms with van der Waals surface area (Å²) in [6, 6.07) is 8.23. The van der Waals surface area contributed by atoms with Crippen molar-refractivity contribution in [1.29, 1.82) is 0 Å². The highest BCUT2D eigenvalue weighted by Gasteiger charge is 2.02. The Hall–Kier alpha value is -2.10. The lowest BCUT2D eigenvalue weighted by Gasteiger charge is -2.10. The smallest absolute Gasteiger partial charge is 0.229 e. The molecule has 0 aliphatic heterocycles. The topological polar surface area (TPSA) is 49.8 Å². The van der Waals surface area contributed by atoms with Crippen LogP contribution in [0.5, 0.6) is 0 Å². The molecule has 1 aromatic carbocycles. The third kappa shape index (κ3) is 5.06. The molecule has 0 amide bonds. The Bertz CT molecular complexity index is 573. The molecule has 2 rings (SSSR count). The molecular formula is C17H24N4. The van der Waals surface area contributed by atoms with Gasteiger partial charge < -0.3 is 10.6 Å². The van der Waals surface area contributed by atoms with Crippen molar-refractivity contribution in [2.75, 3.05) is 17.2 Å². The standard InChI is InChI=1S/C17H24N4/c1-12(2)5-7-18-16-6-8-19-17(21-16)20-15-10-13(3)9-14(4)11-15/h6,8-12H,5,7H2,1-4H3,(H2,18,19,20,21). The van der Waals surface area contributed by atoms with E-state index < -0.39 is 0 Å². The summed E-state index contributed by atoms with van der Waals surface area (Å²) in [7, 11) is 0. The van der Waals surface area contributed by atoms with Gasteiger partial charge in [-0.15, -0.1) is 0 Å². The van der Waals surface area contributed by atoms with Gasteiger partial charge in [-0.3, -0.25) is 0 Å². The lowest BCUT2D eigenvalue weighted by Crippen LogP contribution is -2.07. The van der Waals surface area contributed by atoms with Crippen molar-refractivity contribution in [1.82, 2.24) is 9.97 Å². The molecule has 112 valence electrons. The van der Waals surface area contributed by atoms with Crippen LogP contribution in [0.4, 0.5) is 17.5 Å². The first-order chi connectivity index (χ1) is 10.0. The molecule has 0 unspecified atom stereocenters. The van der Waals surface area contributed by atoms with E-state index in [1.54, 1.807) is 6.20 Å². The Morgan fingerprint density at radius 2 is 1.81 bits per heavy atom. The van der Waals surface area contributed by atoms with Gasteiger partial charge in [0.2, 0.25) is 5.95 Å². The molecule has 4 nitrogen and oxygen atoms in total. The summed E-state index contributed by atoms with van der Waals surface area (Å²) in [6.45, 7) is 9.53. The first kappa shape index (κ1) is 15.3. The lowest BCUT2D eigenvalue weighted by molar-refractivity contribution is 0.606. The average Bonchev–Trinajstić information content (AvgIpc) is 2.37. The van der Waals surface area contributed by atoms with E-state index in [1.807, 2.05) is 6.07 Å². The van der Waals surface area contributed by atoms with Crippen molar-refractivity contribution in [3.63, 3.8) is 0 Å². The zero-order valence-corrected chi connectivity index (χ0v) is 13.3. The van der Waals surface area contributed by atoms with Crippen LogP contribution in [0, 0.1) is 19.8 Å². The van der Waals surface area contributed by atoms with Crippen molar-refractivity contribution in [2.24, 2.45) is 5.92 Å². The first-order valence-corrected chi connectivity index (χ1v) is 7.45. The molecule has 0 radical (unpaired) electrons. The number of nitrogens with zero attached hydrogens (tertiary/aromatic N) is 2. The van der Waals surface area contributed by atoms with Crippen molar-refractivity contribution < 1.29 is 0 Å². The Morgan fingerprint density at radius 3 is 2.48 bits per heavy atom. The van der Waals surface area contributed by atoms with Gasteiger partial charge in [-0.25, -0.2) is 4.98 Å². The molecule has 0 bridgehead atoms. The van der Waals surface area contributed by atoms with Gasteiger partial charge in [0.05, 0.1) is 0 Å². The third-order valence-corrected chi connectivity index (χ3v) is 3.16. The fourth-order valence-corrected chi connectivity index (χ4v) is 2.18. The highest BCUT2D eigenvalue weighted by atomic mass is 15.1. The van der Waals surface area contributed by atoms with Crippen LogP contribution in [0.3, 0.4) is 0 Å². The molecule has 0 spiro atoms. The predicted molar refractivity (Wildman–Crippen MR) is 89.2 cm³/mol. The molecule has 0 saturated carbocycles. The maximum Gasteiger partial charge on any atom is 0.229 e. The third-order valence-electron chi connectivity index (χ3n) is 3.16. The Kier molecular flexibility index (Phi) is 5.14. The number of aromatic nitrogens is 2. The minimum Gasteiger partial charge on any atom is -0.370 e. The number of hydrogen-bond donors (Lipinski definition) is 2. The van der Waals surface area contributed by atoms with Crippen molar-refractivity contribution in [3.05, 3.63) is 41.6 Å². The van der Waals surface area contributed by atoms with Crippen molar-refractivity contribution in [3.8, 4) is 0 Å². The molecule has 4 heteroatoms. The van der Waals surface area contributed by atoms with E-state index in [-0.39, 0.29) is 0 Å². The second kappa shape index (κ2) is 7.07. The zero-order valence-electron chi connectivity index (χ0n) is 13.3. The fraction of sp³-hybridized carbons (Fsp3) is 0.412. The number of anilines is 3. The van der Waals surface area contributed by atoms with E-state index in [1.165, 1.54) is 11.1 Å². The Labute approximate surface area is 127 Å². The molecule has 0 fully saturated rings. The molecule has 2 aromatic rings. The summed E-state index contributed by atoms with van der Waals surface area (Å²) in [5, 5.41) is 6.60. The highest BCUT2D eigenvalue weighted by Crippen LogP contribution is 2.18. The predicted octanol–water partition coefficient (Wildman–Crippen LogP) is 4.30. The quantitative estimate of drug-likeness (QED) is 0.830. The van der Waals surface area contributed by atoms with Crippen LogP contribution < -0.4 is 10.6 Å². The minimum absolute atomic E-state index is 0.620. The van der Waals surface area contributed by atoms with Gasteiger partial charge in [-0.2, -0.15) is 4.98 Å². The summed E-state index contributed by atoms with van der Waals surface area (Å²) >= 11 is 0. The van der Waals surface area contributed by atoms with Crippen molar-refractivity contribution >= 4 is 17.5 Å². The van der Waals surface area contributed by atoms with Gasteiger partial charge in [-0.05, 0) is 55.5 Å². The second-order valence-electron chi connectivity index (χ2n) is 5.88.